The molecule has 0 bridgehead atoms. The lowest BCUT2D eigenvalue weighted by molar-refractivity contribution is 0.176. The van der Waals surface area contributed by atoms with Gasteiger partial charge in [0.1, 0.15) is 0 Å². The van der Waals surface area contributed by atoms with E-state index in [4.69, 9.17) is 4.74 Å². The zero-order chi connectivity index (χ0) is 9.57. The van der Waals surface area contributed by atoms with E-state index in [1.54, 1.807) is 0 Å². The summed E-state index contributed by atoms with van der Waals surface area (Å²) >= 11 is 0. The maximum atomic E-state index is 5.33. The average molecular weight is 185 g/mol. The van der Waals surface area contributed by atoms with Crippen molar-refractivity contribution < 1.29 is 4.74 Å². The molecule has 1 heterocycles. The molecular weight excluding hydrogens is 162 g/mol. The van der Waals surface area contributed by atoms with Crippen LogP contribution in [0.5, 0.6) is 0 Å². The Morgan fingerprint density at radius 2 is 2.00 bits per heavy atom. The number of hydrogen-bond acceptors (Lipinski definition) is 2. The first-order chi connectivity index (χ1) is 6.27. The van der Waals surface area contributed by atoms with Gasteiger partial charge in [0.25, 0.3) is 0 Å². The Labute approximate surface area is 82.0 Å². The topological polar surface area (TPSA) is 21.3 Å². The van der Waals surface area contributed by atoms with E-state index in [1.807, 2.05) is 0 Å². The van der Waals surface area contributed by atoms with Crippen molar-refractivity contribution in [1.82, 2.24) is 5.32 Å². The molecule has 2 nitrogen and oxygen atoms in total. The van der Waals surface area contributed by atoms with Gasteiger partial charge in [0.2, 0.25) is 0 Å². The minimum atomic E-state index is 0.270. The van der Waals surface area contributed by atoms with Crippen molar-refractivity contribution in [2.45, 2.75) is 57.9 Å². The minimum absolute atomic E-state index is 0.270. The van der Waals surface area contributed by atoms with Crippen LogP contribution in [0.4, 0.5) is 0 Å². The summed E-state index contributed by atoms with van der Waals surface area (Å²) in [6, 6.07) is 0. The van der Waals surface area contributed by atoms with Crippen LogP contribution in [0.1, 0.15) is 52.4 Å². The molecule has 1 aliphatic heterocycles. The van der Waals surface area contributed by atoms with Crippen LogP contribution >= 0.6 is 0 Å². The zero-order valence-electron chi connectivity index (χ0n) is 9.07. The molecule has 0 aromatic rings. The van der Waals surface area contributed by atoms with E-state index in [-0.39, 0.29) is 5.54 Å². The highest BCUT2D eigenvalue weighted by Crippen LogP contribution is 2.19. The van der Waals surface area contributed by atoms with Gasteiger partial charge in [0.15, 0.2) is 0 Å². The summed E-state index contributed by atoms with van der Waals surface area (Å²) in [5, 5.41) is 3.40. The predicted molar refractivity (Wildman–Crippen MR) is 55.7 cm³/mol. The van der Waals surface area contributed by atoms with Crippen LogP contribution in [-0.2, 0) is 4.74 Å². The van der Waals surface area contributed by atoms with Crippen LogP contribution in [-0.4, -0.2) is 18.9 Å². The van der Waals surface area contributed by atoms with Crippen LogP contribution in [0.2, 0.25) is 0 Å². The fraction of sp³-hybridized carbons (Fsp3) is 1.00. The molecule has 0 spiro atoms. The second-order valence-corrected chi connectivity index (χ2v) is 4.39. The Kier molecular flexibility index (Phi) is 4.74. The van der Waals surface area contributed by atoms with Gasteiger partial charge < -0.3 is 4.74 Å². The highest BCUT2D eigenvalue weighted by molar-refractivity contribution is 4.84. The summed E-state index contributed by atoms with van der Waals surface area (Å²) in [7, 11) is 0. The molecule has 0 aromatic heterocycles. The Morgan fingerprint density at radius 1 is 1.23 bits per heavy atom. The summed E-state index contributed by atoms with van der Waals surface area (Å²) in [5.41, 5.74) is 0.270. The molecule has 1 atom stereocenters. The van der Waals surface area contributed by atoms with E-state index >= 15 is 0 Å². The minimum Gasteiger partial charge on any atom is -0.364 e. The normalized spacial score (nSPS) is 28.2. The molecule has 0 radical (unpaired) electrons. The average Bonchev–Trinajstić information content (AvgIpc) is 2.53. The van der Waals surface area contributed by atoms with Gasteiger partial charge in [0, 0.05) is 5.54 Å². The van der Waals surface area contributed by atoms with E-state index in [0.29, 0.717) is 0 Å². The Hall–Kier alpha value is -0.0800. The molecule has 1 saturated heterocycles. The Bertz CT molecular complexity index is 130. The molecule has 0 aliphatic carbocycles. The molecular formula is C11H23NO. The molecule has 0 aromatic carbocycles. The summed E-state index contributed by atoms with van der Waals surface area (Å²) < 4.78 is 5.33. The van der Waals surface area contributed by atoms with Crippen molar-refractivity contribution in [3.8, 4) is 0 Å². The first-order valence-electron chi connectivity index (χ1n) is 5.60. The van der Waals surface area contributed by atoms with Crippen LogP contribution in [0.3, 0.4) is 0 Å². The van der Waals surface area contributed by atoms with Crippen molar-refractivity contribution >= 4 is 0 Å². The van der Waals surface area contributed by atoms with E-state index < -0.39 is 0 Å². The zero-order valence-corrected chi connectivity index (χ0v) is 9.07. The second kappa shape index (κ2) is 5.61. The molecule has 1 aliphatic rings. The Balaban J connectivity index is 1.98. The van der Waals surface area contributed by atoms with E-state index in [0.717, 1.165) is 13.3 Å². The number of nitrogens with one attached hydrogen (secondary N) is 1. The monoisotopic (exact) mass is 185 g/mol. The number of ether oxygens (including phenoxy) is 1. The van der Waals surface area contributed by atoms with Gasteiger partial charge in [-0.15, -0.1) is 0 Å². The van der Waals surface area contributed by atoms with Crippen molar-refractivity contribution in [2.24, 2.45) is 0 Å². The maximum Gasteiger partial charge on any atom is 0.0971 e. The predicted octanol–water partition coefficient (Wildman–Crippen LogP) is 2.68. The van der Waals surface area contributed by atoms with Crippen LogP contribution < -0.4 is 5.32 Å². The fourth-order valence-electron chi connectivity index (χ4n) is 1.83. The third kappa shape index (κ3) is 4.10. The van der Waals surface area contributed by atoms with E-state index in [1.165, 1.54) is 38.5 Å². The van der Waals surface area contributed by atoms with Gasteiger partial charge in [0.05, 0.1) is 13.3 Å². The number of unbranched alkanes of at least 4 members (excludes halogenated alkanes) is 4. The molecule has 1 unspecified atom stereocenters. The molecule has 78 valence electrons. The number of rotatable bonds is 6. The quantitative estimate of drug-likeness (QED) is 0.642. The first-order valence-corrected chi connectivity index (χ1v) is 5.60. The standard InChI is InChI=1S/C11H23NO/c1-3-4-5-6-7-8-11(2)9-13-10-12-11/h12H,3-10H2,1-2H3. The Morgan fingerprint density at radius 3 is 2.62 bits per heavy atom. The summed E-state index contributed by atoms with van der Waals surface area (Å²) in [4.78, 5) is 0. The van der Waals surface area contributed by atoms with Gasteiger partial charge in [-0.25, -0.2) is 0 Å². The maximum absolute atomic E-state index is 5.33. The van der Waals surface area contributed by atoms with Crippen molar-refractivity contribution in [3.05, 3.63) is 0 Å². The molecule has 2 heteroatoms. The summed E-state index contributed by atoms with van der Waals surface area (Å²) in [6.07, 6.45) is 8.10. The molecule has 0 saturated carbocycles. The largest absolute Gasteiger partial charge is 0.364 e. The molecule has 0 amide bonds. The van der Waals surface area contributed by atoms with Crippen LogP contribution in [0, 0.1) is 0 Å². The second-order valence-electron chi connectivity index (χ2n) is 4.39. The summed E-state index contributed by atoms with van der Waals surface area (Å²) in [6.45, 7) is 6.15. The van der Waals surface area contributed by atoms with Crippen molar-refractivity contribution in [2.75, 3.05) is 13.3 Å². The van der Waals surface area contributed by atoms with E-state index in [9.17, 15) is 0 Å². The molecule has 13 heavy (non-hydrogen) atoms. The highest BCUT2D eigenvalue weighted by atomic mass is 16.5. The molecule has 1 N–H and O–H groups in total. The first kappa shape index (κ1) is 11.0. The van der Waals surface area contributed by atoms with Crippen LogP contribution in [0.15, 0.2) is 0 Å². The lowest BCUT2D eigenvalue weighted by Crippen LogP contribution is -2.38. The number of hydrogen-bond donors (Lipinski definition) is 1. The van der Waals surface area contributed by atoms with Gasteiger partial charge in [-0.05, 0) is 13.3 Å². The van der Waals surface area contributed by atoms with Gasteiger partial charge in [-0.1, -0.05) is 39.0 Å². The molecule has 1 fully saturated rings. The fourth-order valence-corrected chi connectivity index (χ4v) is 1.83. The van der Waals surface area contributed by atoms with Gasteiger partial charge >= 0.3 is 0 Å². The smallest absolute Gasteiger partial charge is 0.0971 e. The lowest BCUT2D eigenvalue weighted by atomic mass is 9.96. The van der Waals surface area contributed by atoms with E-state index in [2.05, 4.69) is 19.2 Å². The summed E-state index contributed by atoms with van der Waals surface area (Å²) in [5.74, 6) is 0. The van der Waals surface area contributed by atoms with Crippen molar-refractivity contribution in [1.29, 1.82) is 0 Å². The SMILES string of the molecule is CCCCCCCC1(C)COCN1. The van der Waals surface area contributed by atoms with Crippen LogP contribution in [0.25, 0.3) is 0 Å². The molecule has 1 rings (SSSR count). The van der Waals surface area contributed by atoms with Gasteiger partial charge in [-0.3, -0.25) is 5.32 Å². The highest BCUT2D eigenvalue weighted by Gasteiger charge is 2.27. The third-order valence-electron chi connectivity index (χ3n) is 2.85. The van der Waals surface area contributed by atoms with Gasteiger partial charge in [-0.2, -0.15) is 0 Å². The third-order valence-corrected chi connectivity index (χ3v) is 2.85. The lowest BCUT2D eigenvalue weighted by Gasteiger charge is -2.21. The van der Waals surface area contributed by atoms with Crippen molar-refractivity contribution in [3.63, 3.8) is 0 Å².